The fraction of sp³-hybridized carbons (Fsp3) is 0.542. The molecule has 3 heterocycles. The average molecular weight is 439 g/mol. The third kappa shape index (κ3) is 4.37. The van der Waals surface area contributed by atoms with Crippen LogP contribution in [0.5, 0.6) is 0 Å². The van der Waals surface area contributed by atoms with Crippen LogP contribution in [0.4, 0.5) is 0 Å². The van der Waals surface area contributed by atoms with E-state index in [9.17, 15) is 9.59 Å². The van der Waals surface area contributed by atoms with Gasteiger partial charge in [0.2, 0.25) is 11.8 Å². The maximum atomic E-state index is 13.3. The van der Waals surface area contributed by atoms with Crippen molar-refractivity contribution in [3.63, 3.8) is 0 Å². The summed E-state index contributed by atoms with van der Waals surface area (Å²) in [6.45, 7) is 4.69. The van der Waals surface area contributed by atoms with Crippen LogP contribution in [0.15, 0.2) is 24.3 Å². The second kappa shape index (κ2) is 9.32. The number of hydrogen-bond acceptors (Lipinski definition) is 4. The molecule has 1 aromatic carbocycles. The number of nitrogens with zero attached hydrogens (tertiary/aromatic N) is 3. The molecule has 0 unspecified atom stereocenters. The number of nitrogens with two attached hydrogens (primary N) is 2. The minimum absolute atomic E-state index is 0.0784. The maximum Gasteiger partial charge on any atom is 0.240 e. The molecule has 8 heteroatoms. The first-order valence-electron chi connectivity index (χ1n) is 11.7. The van der Waals surface area contributed by atoms with E-state index in [1.54, 1.807) is 0 Å². The van der Waals surface area contributed by atoms with Crippen molar-refractivity contribution in [3.05, 3.63) is 35.5 Å². The maximum absolute atomic E-state index is 13.3. The number of amides is 2. The Morgan fingerprint density at radius 2 is 1.91 bits per heavy atom. The van der Waals surface area contributed by atoms with Gasteiger partial charge in [0.05, 0.1) is 12.6 Å². The number of likely N-dealkylation sites (tertiary alicyclic amines) is 2. The number of amidine groups is 1. The highest BCUT2D eigenvalue weighted by atomic mass is 16.2. The van der Waals surface area contributed by atoms with Crippen molar-refractivity contribution < 1.29 is 9.59 Å². The summed E-state index contributed by atoms with van der Waals surface area (Å²) in [7, 11) is 0. The van der Waals surface area contributed by atoms with E-state index in [2.05, 4.69) is 22.5 Å². The second-order valence-corrected chi connectivity index (χ2v) is 9.03. The number of aryl methyl sites for hydroxylation is 2. The van der Waals surface area contributed by atoms with E-state index in [4.69, 9.17) is 16.9 Å². The molecule has 2 fully saturated rings. The van der Waals surface area contributed by atoms with E-state index in [0.29, 0.717) is 0 Å². The van der Waals surface area contributed by atoms with Crippen LogP contribution in [-0.2, 0) is 22.6 Å². The van der Waals surface area contributed by atoms with Gasteiger partial charge in [-0.05, 0) is 69.5 Å². The molecule has 32 heavy (non-hydrogen) atoms. The molecule has 0 radical (unpaired) electrons. The van der Waals surface area contributed by atoms with E-state index in [1.807, 2.05) is 23.1 Å². The standard InChI is InChI=1S/C24H34N6O2/c1-2-29-19(13-16-7-8-17(23(26)27)14-21(16)29)10-9-18-5-3-12-30(18)24(32)20-6-4-11-28(20)15-22(25)31/h7-8,13-14,18,20H,2-6,9-12,15H2,1H3,(H2,25,31)(H3,26,27)/t18-,20+/m0/s1. The summed E-state index contributed by atoms with van der Waals surface area (Å²) < 4.78 is 2.29. The number of nitrogens with one attached hydrogen (secondary N) is 1. The number of aromatic nitrogens is 1. The number of benzene rings is 1. The van der Waals surface area contributed by atoms with Gasteiger partial charge in [-0.1, -0.05) is 12.1 Å². The van der Waals surface area contributed by atoms with Crippen LogP contribution in [0.3, 0.4) is 0 Å². The van der Waals surface area contributed by atoms with Crippen molar-refractivity contribution in [2.45, 2.75) is 64.1 Å². The fourth-order valence-corrected chi connectivity index (χ4v) is 5.49. The fourth-order valence-electron chi connectivity index (χ4n) is 5.49. The minimum Gasteiger partial charge on any atom is -0.384 e. The molecule has 172 valence electrons. The topological polar surface area (TPSA) is 121 Å². The molecule has 2 amide bonds. The van der Waals surface area contributed by atoms with Gasteiger partial charge in [-0.2, -0.15) is 0 Å². The predicted octanol–water partition coefficient (Wildman–Crippen LogP) is 1.82. The molecule has 0 bridgehead atoms. The summed E-state index contributed by atoms with van der Waals surface area (Å²) in [5, 5.41) is 8.88. The Morgan fingerprint density at radius 3 is 2.62 bits per heavy atom. The third-order valence-electron chi connectivity index (χ3n) is 7.02. The van der Waals surface area contributed by atoms with Crippen molar-refractivity contribution in [2.75, 3.05) is 19.6 Å². The first-order valence-corrected chi connectivity index (χ1v) is 11.7. The lowest BCUT2D eigenvalue weighted by molar-refractivity contribution is -0.137. The van der Waals surface area contributed by atoms with Gasteiger partial charge in [-0.15, -0.1) is 0 Å². The van der Waals surface area contributed by atoms with Gasteiger partial charge in [-0.3, -0.25) is 19.9 Å². The summed E-state index contributed by atoms with van der Waals surface area (Å²) >= 11 is 0. The molecule has 2 aromatic rings. The molecular weight excluding hydrogens is 404 g/mol. The molecule has 2 atom stereocenters. The molecule has 2 saturated heterocycles. The quantitative estimate of drug-likeness (QED) is 0.430. The van der Waals surface area contributed by atoms with E-state index < -0.39 is 0 Å². The number of carbonyl (C=O) groups is 2. The average Bonchev–Trinajstić information content (AvgIpc) is 3.48. The van der Waals surface area contributed by atoms with Crippen LogP contribution < -0.4 is 11.5 Å². The summed E-state index contributed by atoms with van der Waals surface area (Å²) in [6.07, 6.45) is 5.60. The van der Waals surface area contributed by atoms with Gasteiger partial charge in [0.1, 0.15) is 5.84 Å². The number of rotatable bonds is 8. The number of carbonyl (C=O) groups excluding carboxylic acids is 2. The highest BCUT2D eigenvalue weighted by Gasteiger charge is 2.38. The molecule has 4 rings (SSSR count). The lowest BCUT2D eigenvalue weighted by Gasteiger charge is -2.31. The lowest BCUT2D eigenvalue weighted by Crippen LogP contribution is -2.49. The number of primary amides is 1. The monoisotopic (exact) mass is 438 g/mol. The van der Waals surface area contributed by atoms with E-state index in [0.717, 1.165) is 74.6 Å². The Balaban J connectivity index is 1.47. The van der Waals surface area contributed by atoms with E-state index >= 15 is 0 Å². The van der Waals surface area contributed by atoms with Crippen LogP contribution in [0, 0.1) is 5.41 Å². The van der Waals surface area contributed by atoms with Crippen LogP contribution in [-0.4, -0.2) is 63.7 Å². The van der Waals surface area contributed by atoms with Crippen molar-refractivity contribution >= 4 is 28.6 Å². The SMILES string of the molecule is CCn1c(CC[C@@H]2CCCN2C(=O)[C@H]2CCCN2CC(N)=O)cc2ccc(C(=N)N)cc21. The first kappa shape index (κ1) is 22.3. The molecule has 0 aliphatic carbocycles. The van der Waals surface area contributed by atoms with Gasteiger partial charge in [0.15, 0.2) is 0 Å². The smallest absolute Gasteiger partial charge is 0.240 e. The minimum atomic E-state index is -0.372. The Morgan fingerprint density at radius 1 is 1.12 bits per heavy atom. The van der Waals surface area contributed by atoms with Crippen molar-refractivity contribution in [3.8, 4) is 0 Å². The van der Waals surface area contributed by atoms with Gasteiger partial charge in [0.25, 0.3) is 0 Å². The summed E-state index contributed by atoms with van der Waals surface area (Å²) in [5.41, 5.74) is 14.2. The Kier molecular flexibility index (Phi) is 6.50. The van der Waals surface area contributed by atoms with Crippen molar-refractivity contribution in [1.82, 2.24) is 14.4 Å². The van der Waals surface area contributed by atoms with Gasteiger partial charge in [-0.25, -0.2) is 0 Å². The molecule has 0 spiro atoms. The third-order valence-corrected chi connectivity index (χ3v) is 7.02. The van der Waals surface area contributed by atoms with Gasteiger partial charge >= 0.3 is 0 Å². The summed E-state index contributed by atoms with van der Waals surface area (Å²) in [4.78, 5) is 28.7. The highest BCUT2D eigenvalue weighted by molar-refractivity contribution is 5.98. The second-order valence-electron chi connectivity index (χ2n) is 9.03. The highest BCUT2D eigenvalue weighted by Crippen LogP contribution is 2.28. The van der Waals surface area contributed by atoms with E-state index in [-0.39, 0.29) is 36.3 Å². The van der Waals surface area contributed by atoms with Gasteiger partial charge < -0.3 is 20.9 Å². The van der Waals surface area contributed by atoms with E-state index in [1.165, 1.54) is 5.69 Å². The van der Waals surface area contributed by atoms with Crippen LogP contribution in [0.1, 0.15) is 50.3 Å². The zero-order chi connectivity index (χ0) is 22.8. The zero-order valence-electron chi connectivity index (χ0n) is 18.8. The molecule has 2 aliphatic heterocycles. The Labute approximate surface area is 189 Å². The molecule has 0 saturated carbocycles. The van der Waals surface area contributed by atoms with Crippen molar-refractivity contribution in [2.24, 2.45) is 11.5 Å². The van der Waals surface area contributed by atoms with Crippen LogP contribution >= 0.6 is 0 Å². The van der Waals surface area contributed by atoms with Crippen molar-refractivity contribution in [1.29, 1.82) is 5.41 Å². The normalized spacial score (nSPS) is 21.5. The summed E-state index contributed by atoms with van der Waals surface area (Å²) in [6, 6.07) is 8.15. The predicted molar refractivity (Wildman–Crippen MR) is 125 cm³/mol. The first-order chi connectivity index (χ1) is 15.4. The molecule has 1 aromatic heterocycles. The lowest BCUT2D eigenvalue weighted by atomic mass is 10.1. The Bertz CT molecular complexity index is 1030. The molecule has 8 nitrogen and oxygen atoms in total. The zero-order valence-corrected chi connectivity index (χ0v) is 18.8. The van der Waals surface area contributed by atoms with Gasteiger partial charge in [0, 0.05) is 35.9 Å². The number of hydrogen-bond donors (Lipinski definition) is 3. The van der Waals surface area contributed by atoms with Crippen LogP contribution in [0.2, 0.25) is 0 Å². The number of nitrogen functional groups attached to an aromatic ring is 1. The Hall–Kier alpha value is -2.87. The molecule has 2 aliphatic rings. The molecule has 5 N–H and O–H groups in total. The summed E-state index contributed by atoms with van der Waals surface area (Å²) in [5.74, 6) is -0.133. The van der Waals surface area contributed by atoms with Crippen LogP contribution in [0.25, 0.3) is 10.9 Å². The largest absolute Gasteiger partial charge is 0.384 e. The number of fused-ring (bicyclic) bond motifs is 1. The molecular formula is C24H34N6O2.